The van der Waals surface area contributed by atoms with Gasteiger partial charge < -0.3 is 15.6 Å². The average molecular weight is 247 g/mol. The maximum absolute atomic E-state index is 11.8. The molecule has 0 unspecified atom stereocenters. The Morgan fingerprint density at radius 2 is 2.28 bits per heavy atom. The minimum Gasteiger partial charge on any atom is -0.398 e. The number of carbonyl (C=O) groups is 1. The van der Waals surface area contributed by atoms with Crippen LogP contribution in [0.5, 0.6) is 0 Å². The number of pyridine rings is 1. The number of nitrogens with two attached hydrogens (primary N) is 1. The highest BCUT2D eigenvalue weighted by Crippen LogP contribution is 2.11. The van der Waals surface area contributed by atoms with Crippen LogP contribution in [0.2, 0.25) is 0 Å². The third-order valence-corrected chi connectivity index (χ3v) is 2.29. The lowest BCUT2D eigenvalue weighted by molar-refractivity contribution is 0.0947. The summed E-state index contributed by atoms with van der Waals surface area (Å²) in [5, 5.41) is 6.26. The first-order valence-electron chi connectivity index (χ1n) is 5.36. The van der Waals surface area contributed by atoms with E-state index in [0.717, 1.165) is 5.69 Å². The van der Waals surface area contributed by atoms with E-state index >= 15 is 0 Å². The molecule has 0 atom stereocenters. The number of nitrogen functional groups attached to an aromatic ring is 1. The molecule has 0 spiro atoms. The highest BCUT2D eigenvalue weighted by atomic mass is 16.5. The fourth-order valence-electron chi connectivity index (χ4n) is 1.43. The van der Waals surface area contributed by atoms with Crippen molar-refractivity contribution in [2.24, 2.45) is 0 Å². The van der Waals surface area contributed by atoms with Crippen LogP contribution in [-0.4, -0.2) is 21.0 Å². The van der Waals surface area contributed by atoms with Gasteiger partial charge in [-0.1, -0.05) is 5.16 Å². The standard InChI is InChI=1S/C11H13N5O2/c1-6-3-9(12)8(4-13-6)11(17)14-5-10-15-7(2)16-18-10/h3-4H,5H2,1-2H3,(H2,12,13)(H,14,17). The number of nitrogens with one attached hydrogen (secondary N) is 1. The van der Waals surface area contributed by atoms with Crippen molar-refractivity contribution in [2.45, 2.75) is 20.4 Å². The van der Waals surface area contributed by atoms with Crippen molar-refractivity contribution in [1.82, 2.24) is 20.4 Å². The number of hydrogen-bond donors (Lipinski definition) is 2. The molecular formula is C11H13N5O2. The van der Waals surface area contributed by atoms with Crippen LogP contribution >= 0.6 is 0 Å². The van der Waals surface area contributed by atoms with E-state index in [2.05, 4.69) is 20.4 Å². The van der Waals surface area contributed by atoms with E-state index in [9.17, 15) is 4.79 Å². The third-order valence-electron chi connectivity index (χ3n) is 2.29. The summed E-state index contributed by atoms with van der Waals surface area (Å²) in [7, 11) is 0. The van der Waals surface area contributed by atoms with Crippen LogP contribution in [0.3, 0.4) is 0 Å². The van der Waals surface area contributed by atoms with Crippen molar-refractivity contribution < 1.29 is 9.32 Å². The van der Waals surface area contributed by atoms with Crippen molar-refractivity contribution in [3.8, 4) is 0 Å². The maximum atomic E-state index is 11.8. The second-order valence-electron chi connectivity index (χ2n) is 3.83. The normalized spacial score (nSPS) is 10.3. The monoisotopic (exact) mass is 247 g/mol. The van der Waals surface area contributed by atoms with Crippen LogP contribution in [0, 0.1) is 13.8 Å². The van der Waals surface area contributed by atoms with Crippen molar-refractivity contribution in [1.29, 1.82) is 0 Å². The molecule has 0 aliphatic carbocycles. The Morgan fingerprint density at radius 3 is 2.89 bits per heavy atom. The molecule has 2 heterocycles. The van der Waals surface area contributed by atoms with Gasteiger partial charge in [0.05, 0.1) is 12.1 Å². The van der Waals surface area contributed by atoms with Gasteiger partial charge in [0.15, 0.2) is 5.82 Å². The lowest BCUT2D eigenvalue weighted by atomic mass is 10.2. The van der Waals surface area contributed by atoms with Crippen LogP contribution < -0.4 is 11.1 Å². The van der Waals surface area contributed by atoms with Crippen molar-refractivity contribution in [3.63, 3.8) is 0 Å². The molecule has 0 saturated carbocycles. The summed E-state index contributed by atoms with van der Waals surface area (Å²) in [5.74, 6) is 0.547. The molecule has 94 valence electrons. The Labute approximate surface area is 103 Å². The lowest BCUT2D eigenvalue weighted by Crippen LogP contribution is -2.24. The van der Waals surface area contributed by atoms with E-state index in [0.29, 0.717) is 23.0 Å². The zero-order valence-electron chi connectivity index (χ0n) is 10.1. The van der Waals surface area contributed by atoms with Gasteiger partial charge in [0.25, 0.3) is 5.91 Å². The van der Waals surface area contributed by atoms with Crippen LogP contribution in [0.25, 0.3) is 0 Å². The fourth-order valence-corrected chi connectivity index (χ4v) is 1.43. The maximum Gasteiger partial charge on any atom is 0.255 e. The molecule has 7 heteroatoms. The molecule has 0 aliphatic rings. The van der Waals surface area contributed by atoms with Gasteiger partial charge in [-0.3, -0.25) is 9.78 Å². The zero-order valence-corrected chi connectivity index (χ0v) is 10.1. The second-order valence-corrected chi connectivity index (χ2v) is 3.83. The minimum absolute atomic E-state index is 0.160. The molecule has 1 amide bonds. The predicted octanol–water partition coefficient (Wildman–Crippen LogP) is 0.594. The topological polar surface area (TPSA) is 107 Å². The van der Waals surface area contributed by atoms with Gasteiger partial charge >= 0.3 is 0 Å². The van der Waals surface area contributed by atoms with Crippen LogP contribution in [-0.2, 0) is 6.54 Å². The number of hydrogen-bond acceptors (Lipinski definition) is 6. The summed E-state index contributed by atoms with van der Waals surface area (Å²) in [5.41, 5.74) is 7.22. The molecule has 0 saturated heterocycles. The van der Waals surface area contributed by atoms with Gasteiger partial charge in [-0.25, -0.2) is 0 Å². The highest BCUT2D eigenvalue weighted by molar-refractivity contribution is 5.98. The molecule has 0 bridgehead atoms. The summed E-state index contributed by atoms with van der Waals surface area (Å²) in [6.07, 6.45) is 1.44. The van der Waals surface area contributed by atoms with Crippen molar-refractivity contribution >= 4 is 11.6 Å². The largest absolute Gasteiger partial charge is 0.398 e. The molecule has 3 N–H and O–H groups in total. The molecule has 0 fully saturated rings. The molecule has 7 nitrogen and oxygen atoms in total. The molecule has 18 heavy (non-hydrogen) atoms. The summed E-state index contributed by atoms with van der Waals surface area (Å²) < 4.78 is 4.88. The Hall–Kier alpha value is -2.44. The van der Waals surface area contributed by atoms with Crippen LogP contribution in [0.15, 0.2) is 16.8 Å². The Kier molecular flexibility index (Phi) is 3.22. The third kappa shape index (κ3) is 2.62. The van der Waals surface area contributed by atoms with E-state index in [1.54, 1.807) is 19.9 Å². The van der Waals surface area contributed by atoms with Gasteiger partial charge in [0, 0.05) is 17.6 Å². The molecule has 0 radical (unpaired) electrons. The number of nitrogens with zero attached hydrogens (tertiary/aromatic N) is 3. The molecule has 2 aromatic rings. The van der Waals surface area contributed by atoms with Crippen LogP contribution in [0.1, 0.15) is 27.8 Å². The van der Waals surface area contributed by atoms with E-state index < -0.39 is 0 Å². The van der Waals surface area contributed by atoms with E-state index in [-0.39, 0.29) is 12.5 Å². The SMILES string of the molecule is Cc1cc(N)c(C(=O)NCc2nc(C)no2)cn1. The number of carbonyl (C=O) groups excluding carboxylic acids is 1. The Morgan fingerprint density at radius 1 is 1.50 bits per heavy atom. The summed E-state index contributed by atoms with van der Waals surface area (Å²) in [4.78, 5) is 19.8. The molecule has 0 aromatic carbocycles. The van der Waals surface area contributed by atoms with Gasteiger partial charge in [-0.05, 0) is 19.9 Å². The summed E-state index contributed by atoms with van der Waals surface area (Å²) in [6, 6.07) is 1.64. The highest BCUT2D eigenvalue weighted by Gasteiger charge is 2.11. The molecule has 2 aromatic heterocycles. The molecular weight excluding hydrogens is 234 g/mol. The van der Waals surface area contributed by atoms with Gasteiger partial charge in [-0.2, -0.15) is 4.98 Å². The van der Waals surface area contributed by atoms with Crippen LogP contribution in [0.4, 0.5) is 5.69 Å². The Balaban J connectivity index is 2.03. The molecule has 0 aliphatic heterocycles. The second kappa shape index (κ2) is 4.82. The van der Waals surface area contributed by atoms with Gasteiger partial charge in [-0.15, -0.1) is 0 Å². The first-order chi connectivity index (χ1) is 8.56. The van der Waals surface area contributed by atoms with Crippen molar-refractivity contribution in [2.75, 3.05) is 5.73 Å². The van der Waals surface area contributed by atoms with Gasteiger partial charge in [0.2, 0.25) is 5.89 Å². The summed E-state index contributed by atoms with van der Waals surface area (Å²) in [6.45, 7) is 3.67. The first-order valence-corrected chi connectivity index (χ1v) is 5.36. The number of aryl methyl sites for hydroxylation is 2. The van der Waals surface area contributed by atoms with Crippen molar-refractivity contribution in [3.05, 3.63) is 35.2 Å². The fraction of sp³-hybridized carbons (Fsp3) is 0.273. The van der Waals surface area contributed by atoms with E-state index in [1.807, 2.05) is 0 Å². The number of amides is 1. The Bertz CT molecular complexity index is 579. The average Bonchev–Trinajstić information content (AvgIpc) is 2.72. The quantitative estimate of drug-likeness (QED) is 0.822. The van der Waals surface area contributed by atoms with Gasteiger partial charge in [0.1, 0.15) is 0 Å². The van der Waals surface area contributed by atoms with E-state index in [4.69, 9.17) is 10.3 Å². The predicted molar refractivity (Wildman–Crippen MR) is 63.6 cm³/mol. The number of anilines is 1. The lowest BCUT2D eigenvalue weighted by Gasteiger charge is -2.05. The zero-order chi connectivity index (χ0) is 13.1. The summed E-state index contributed by atoms with van der Waals surface area (Å²) >= 11 is 0. The first kappa shape index (κ1) is 12.0. The number of aromatic nitrogens is 3. The minimum atomic E-state index is -0.323. The number of rotatable bonds is 3. The molecule has 2 rings (SSSR count). The van der Waals surface area contributed by atoms with E-state index in [1.165, 1.54) is 6.20 Å². The smallest absolute Gasteiger partial charge is 0.255 e.